The number of hydrogen-bond acceptors (Lipinski definition) is 8. The van der Waals surface area contributed by atoms with E-state index in [9.17, 15) is 9.59 Å². The van der Waals surface area contributed by atoms with Crippen LogP contribution in [0.5, 0.6) is 0 Å². The number of rotatable bonds is 4. The van der Waals surface area contributed by atoms with Crippen LogP contribution in [0.3, 0.4) is 0 Å². The van der Waals surface area contributed by atoms with Crippen molar-refractivity contribution in [2.45, 2.75) is 0 Å². The molecule has 0 amide bonds. The molecule has 0 aliphatic carbocycles. The van der Waals surface area contributed by atoms with Gasteiger partial charge in [-0.3, -0.25) is 0 Å². The van der Waals surface area contributed by atoms with E-state index in [1.165, 1.54) is 24.3 Å². The van der Waals surface area contributed by atoms with Gasteiger partial charge in [0.2, 0.25) is 0 Å². The van der Waals surface area contributed by atoms with Crippen molar-refractivity contribution in [3.05, 3.63) is 35.4 Å². The van der Waals surface area contributed by atoms with Crippen molar-refractivity contribution in [3.63, 3.8) is 0 Å². The predicted octanol–water partition coefficient (Wildman–Crippen LogP) is 0.389. The molecule has 0 spiro atoms. The number of hydrogen-bond donors (Lipinski definition) is 2. The minimum atomic E-state index is -0.856. The van der Waals surface area contributed by atoms with Crippen LogP contribution in [0.1, 0.15) is 11.1 Å². The molecule has 0 fully saturated rings. The normalized spacial score (nSPS) is 11.9. The first-order valence-electron chi connectivity index (χ1n) is 5.30. The largest absolute Gasteiger partial charge is 0.464 e. The first-order chi connectivity index (χ1) is 9.58. The van der Waals surface area contributed by atoms with E-state index in [0.29, 0.717) is 0 Å². The highest BCUT2D eigenvalue weighted by molar-refractivity contribution is 6.45. The van der Waals surface area contributed by atoms with Gasteiger partial charge in [0, 0.05) is 11.1 Å². The van der Waals surface area contributed by atoms with Gasteiger partial charge in [0.1, 0.15) is 0 Å². The third-order valence-electron chi connectivity index (χ3n) is 2.37. The van der Waals surface area contributed by atoms with E-state index in [-0.39, 0.29) is 22.6 Å². The fraction of sp³-hybridized carbons (Fsp3) is 0.167. The van der Waals surface area contributed by atoms with Gasteiger partial charge in [-0.1, -0.05) is 28.5 Å². The zero-order valence-corrected chi connectivity index (χ0v) is 10.7. The van der Waals surface area contributed by atoms with Crippen molar-refractivity contribution < 1.29 is 29.5 Å². The van der Waals surface area contributed by atoms with Crippen molar-refractivity contribution in [1.82, 2.24) is 0 Å². The van der Waals surface area contributed by atoms with Crippen molar-refractivity contribution in [1.29, 1.82) is 0 Å². The molecule has 0 bridgehead atoms. The van der Waals surface area contributed by atoms with Crippen LogP contribution in [0.2, 0.25) is 0 Å². The number of ether oxygens (including phenoxy) is 2. The average molecular weight is 280 g/mol. The smallest absolute Gasteiger partial charge is 0.360 e. The molecule has 0 saturated heterocycles. The number of benzene rings is 1. The molecule has 8 heteroatoms. The van der Waals surface area contributed by atoms with E-state index in [0.717, 1.165) is 14.2 Å². The molecule has 1 aromatic rings. The minimum Gasteiger partial charge on any atom is -0.464 e. The van der Waals surface area contributed by atoms with E-state index in [2.05, 4.69) is 19.8 Å². The van der Waals surface area contributed by atoms with Gasteiger partial charge in [-0.25, -0.2) is 9.59 Å². The van der Waals surface area contributed by atoms with Crippen LogP contribution < -0.4 is 0 Å². The Bertz CT molecular complexity index is 532. The van der Waals surface area contributed by atoms with Crippen LogP contribution in [0, 0.1) is 0 Å². The molecule has 1 aromatic carbocycles. The Morgan fingerprint density at radius 1 is 0.950 bits per heavy atom. The number of methoxy groups -OCH3 is 2. The summed E-state index contributed by atoms with van der Waals surface area (Å²) in [6, 6.07) is 5.72. The van der Waals surface area contributed by atoms with Crippen LogP contribution in [0.15, 0.2) is 34.6 Å². The van der Waals surface area contributed by atoms with Gasteiger partial charge in [-0.2, -0.15) is 0 Å². The minimum absolute atomic E-state index is 0.182. The summed E-state index contributed by atoms with van der Waals surface area (Å²) < 4.78 is 8.90. The van der Waals surface area contributed by atoms with E-state index in [4.69, 9.17) is 10.4 Å². The summed E-state index contributed by atoms with van der Waals surface area (Å²) in [5.74, 6) is -1.71. The molecule has 2 N–H and O–H groups in total. The average Bonchev–Trinajstić information content (AvgIpc) is 2.48. The topological polar surface area (TPSA) is 118 Å². The number of carbonyl (C=O) groups excluding carboxylic acids is 2. The van der Waals surface area contributed by atoms with Gasteiger partial charge >= 0.3 is 11.9 Å². The molecule has 0 heterocycles. The van der Waals surface area contributed by atoms with Crippen molar-refractivity contribution in [3.8, 4) is 0 Å². The Hall–Kier alpha value is -2.90. The molecule has 0 atom stereocenters. The molecule has 0 radical (unpaired) electrons. The van der Waals surface area contributed by atoms with E-state index >= 15 is 0 Å². The number of nitrogens with zero attached hydrogens (tertiary/aromatic N) is 2. The van der Waals surface area contributed by atoms with Gasteiger partial charge in [0.15, 0.2) is 11.4 Å². The summed E-state index contributed by atoms with van der Waals surface area (Å²) in [5, 5.41) is 23.4. The van der Waals surface area contributed by atoms with Gasteiger partial charge < -0.3 is 19.9 Å². The van der Waals surface area contributed by atoms with E-state index < -0.39 is 11.9 Å². The molecule has 1 rings (SSSR count). The highest BCUT2D eigenvalue weighted by atomic mass is 16.5. The Balaban J connectivity index is 3.26. The molecule has 8 nitrogen and oxygen atoms in total. The molecule has 20 heavy (non-hydrogen) atoms. The van der Waals surface area contributed by atoms with Gasteiger partial charge in [-0.05, 0) is 6.07 Å². The highest BCUT2D eigenvalue weighted by Crippen LogP contribution is 2.10. The maximum absolute atomic E-state index is 11.4. The fourth-order valence-electron chi connectivity index (χ4n) is 1.44. The van der Waals surface area contributed by atoms with Gasteiger partial charge in [-0.15, -0.1) is 0 Å². The standard InChI is InChI=1S/C12H12N2O6/c1-19-11(15)9(13-17)7-4-3-5-8(6-7)10(14-18)12(16)20-2/h3-6,17-18H,1-2H3/b13-9-,14-10-. The van der Waals surface area contributed by atoms with Crippen LogP contribution in [0.25, 0.3) is 0 Å². The number of esters is 2. The molecule has 0 aromatic heterocycles. The summed E-state index contributed by atoms with van der Waals surface area (Å²) in [6.45, 7) is 0. The van der Waals surface area contributed by atoms with E-state index in [1.807, 2.05) is 0 Å². The Morgan fingerprint density at radius 2 is 1.35 bits per heavy atom. The molecule has 106 valence electrons. The molecular formula is C12H12N2O6. The molecule has 0 aliphatic heterocycles. The zero-order valence-electron chi connectivity index (χ0n) is 10.7. The Kier molecular flexibility index (Phi) is 5.21. The molecular weight excluding hydrogens is 268 g/mol. The molecule has 0 saturated carbocycles. The first-order valence-corrected chi connectivity index (χ1v) is 5.30. The monoisotopic (exact) mass is 280 g/mol. The zero-order chi connectivity index (χ0) is 15.1. The molecule has 0 aliphatic rings. The van der Waals surface area contributed by atoms with Gasteiger partial charge in [0.05, 0.1) is 14.2 Å². The van der Waals surface area contributed by atoms with Crippen LogP contribution >= 0.6 is 0 Å². The number of oxime groups is 2. The Labute approximate surface area is 113 Å². The second-order valence-corrected chi connectivity index (χ2v) is 3.46. The van der Waals surface area contributed by atoms with Crippen molar-refractivity contribution >= 4 is 23.4 Å². The quantitative estimate of drug-likeness (QED) is 0.356. The maximum Gasteiger partial charge on any atom is 0.360 e. The fourth-order valence-corrected chi connectivity index (χ4v) is 1.44. The Morgan fingerprint density at radius 3 is 1.65 bits per heavy atom. The second-order valence-electron chi connectivity index (χ2n) is 3.46. The summed E-state index contributed by atoms with van der Waals surface area (Å²) in [4.78, 5) is 22.8. The lowest BCUT2D eigenvalue weighted by Crippen LogP contribution is -2.20. The highest BCUT2D eigenvalue weighted by Gasteiger charge is 2.19. The first kappa shape index (κ1) is 15.2. The second kappa shape index (κ2) is 6.88. The third kappa shape index (κ3) is 3.10. The SMILES string of the molecule is COC(=O)/C(=N\O)c1cccc(/C(=N/O)C(=O)OC)c1. The molecule has 0 unspecified atom stereocenters. The van der Waals surface area contributed by atoms with Crippen LogP contribution in [-0.2, 0) is 19.1 Å². The van der Waals surface area contributed by atoms with E-state index in [1.54, 1.807) is 0 Å². The van der Waals surface area contributed by atoms with Crippen LogP contribution in [0.4, 0.5) is 0 Å². The lowest BCUT2D eigenvalue weighted by Gasteiger charge is -2.06. The lowest BCUT2D eigenvalue weighted by atomic mass is 10.0. The number of carbonyl (C=O) groups is 2. The predicted molar refractivity (Wildman–Crippen MR) is 67.1 cm³/mol. The van der Waals surface area contributed by atoms with Crippen molar-refractivity contribution in [2.75, 3.05) is 14.2 Å². The van der Waals surface area contributed by atoms with Gasteiger partial charge in [0.25, 0.3) is 0 Å². The third-order valence-corrected chi connectivity index (χ3v) is 2.37. The summed E-state index contributed by atoms with van der Waals surface area (Å²) in [5.41, 5.74) is -0.336. The lowest BCUT2D eigenvalue weighted by molar-refractivity contribution is -0.133. The summed E-state index contributed by atoms with van der Waals surface area (Å²) in [6.07, 6.45) is 0. The summed E-state index contributed by atoms with van der Waals surface area (Å²) >= 11 is 0. The summed E-state index contributed by atoms with van der Waals surface area (Å²) in [7, 11) is 2.26. The maximum atomic E-state index is 11.4. The van der Waals surface area contributed by atoms with Crippen molar-refractivity contribution in [2.24, 2.45) is 10.3 Å². The van der Waals surface area contributed by atoms with Crippen LogP contribution in [-0.4, -0.2) is 48.0 Å².